The third-order valence-corrected chi connectivity index (χ3v) is 11.4. The van der Waals surface area contributed by atoms with E-state index in [1.165, 1.54) is 20.5 Å². The molecule has 0 spiro atoms. The van der Waals surface area contributed by atoms with Gasteiger partial charge in [-0.15, -0.1) is 0 Å². The minimum Gasteiger partial charge on any atom is -0.469 e. The summed E-state index contributed by atoms with van der Waals surface area (Å²) in [5.74, 6) is 2.70. The maximum Gasteiger partial charge on any atom is 0.305 e. The van der Waals surface area contributed by atoms with Crippen molar-refractivity contribution in [3.8, 4) is 0 Å². The van der Waals surface area contributed by atoms with Crippen molar-refractivity contribution in [2.75, 3.05) is 7.11 Å². The Morgan fingerprint density at radius 1 is 1.11 bits per heavy atom. The van der Waals surface area contributed by atoms with Crippen LogP contribution in [-0.2, 0) is 23.9 Å². The van der Waals surface area contributed by atoms with Gasteiger partial charge in [0.2, 0.25) is 0 Å². The molecule has 0 bridgehead atoms. The number of rotatable bonds is 6. The van der Waals surface area contributed by atoms with Gasteiger partial charge in [-0.05, 0) is 84.9 Å². The maximum absolute atomic E-state index is 14.2. The van der Waals surface area contributed by atoms with E-state index in [9.17, 15) is 14.4 Å². The Kier molecular flexibility index (Phi) is 7.48. The fourth-order valence-corrected chi connectivity index (χ4v) is 9.93. The molecule has 5 heteroatoms. The number of hydrogen-bond acceptors (Lipinski definition) is 5. The quantitative estimate of drug-likeness (QED) is 0.415. The number of fused-ring (bicyclic) bond motifs is 5. The minimum absolute atomic E-state index is 0.00149. The van der Waals surface area contributed by atoms with Gasteiger partial charge in [-0.1, -0.05) is 41.0 Å². The molecule has 4 unspecified atom stereocenters. The van der Waals surface area contributed by atoms with Crippen LogP contribution in [0.15, 0.2) is 0 Å². The lowest BCUT2D eigenvalue weighted by atomic mass is 9.40. The molecule has 4 rings (SSSR count). The van der Waals surface area contributed by atoms with Crippen LogP contribution < -0.4 is 0 Å². The maximum atomic E-state index is 14.2. The number of hydrogen-bond donors (Lipinski definition) is 0. The largest absolute Gasteiger partial charge is 0.469 e. The summed E-state index contributed by atoms with van der Waals surface area (Å²) >= 11 is 0. The second-order valence-electron chi connectivity index (χ2n) is 13.2. The van der Waals surface area contributed by atoms with Gasteiger partial charge in [0.05, 0.1) is 7.11 Å². The van der Waals surface area contributed by atoms with Crippen molar-refractivity contribution < 1.29 is 23.9 Å². The lowest BCUT2D eigenvalue weighted by Crippen LogP contribution is -2.65. The van der Waals surface area contributed by atoms with Gasteiger partial charge in [0.1, 0.15) is 11.9 Å². The van der Waals surface area contributed by atoms with Crippen molar-refractivity contribution in [1.82, 2.24) is 0 Å². The first-order valence-corrected chi connectivity index (χ1v) is 14.2. The third kappa shape index (κ3) is 4.37. The molecule has 0 N–H and O–H groups in total. The fraction of sp³-hybridized carbons (Fsp3) is 0.900. The summed E-state index contributed by atoms with van der Waals surface area (Å²) in [6.07, 6.45) is 8.29. The molecule has 0 aromatic heterocycles. The van der Waals surface area contributed by atoms with Gasteiger partial charge >= 0.3 is 11.9 Å². The zero-order valence-corrected chi connectivity index (χ0v) is 23.1. The lowest BCUT2D eigenvalue weighted by Gasteiger charge is -2.64. The molecule has 4 aliphatic rings. The van der Waals surface area contributed by atoms with Crippen LogP contribution in [0.1, 0.15) is 99.3 Å². The van der Waals surface area contributed by atoms with E-state index in [0.717, 1.165) is 38.5 Å². The van der Waals surface area contributed by atoms with E-state index in [4.69, 9.17) is 9.47 Å². The molecular formula is C30H48O5. The van der Waals surface area contributed by atoms with Gasteiger partial charge in [0, 0.05) is 31.6 Å². The fourth-order valence-electron chi connectivity index (χ4n) is 9.93. The summed E-state index contributed by atoms with van der Waals surface area (Å²) in [5.41, 5.74) is -0.100. The van der Waals surface area contributed by atoms with E-state index in [1.807, 2.05) is 0 Å². The summed E-state index contributed by atoms with van der Waals surface area (Å²) in [4.78, 5) is 38.4. The zero-order chi connectivity index (χ0) is 25.7. The van der Waals surface area contributed by atoms with Crippen LogP contribution in [0.25, 0.3) is 0 Å². The highest BCUT2D eigenvalue weighted by molar-refractivity contribution is 5.84. The first kappa shape index (κ1) is 26.7. The summed E-state index contributed by atoms with van der Waals surface area (Å²) < 4.78 is 11.1. The lowest BCUT2D eigenvalue weighted by molar-refractivity contribution is -0.211. The van der Waals surface area contributed by atoms with Crippen molar-refractivity contribution in [3.05, 3.63) is 0 Å². The molecule has 11 atom stereocenters. The van der Waals surface area contributed by atoms with Crippen molar-refractivity contribution in [3.63, 3.8) is 0 Å². The molecule has 0 heterocycles. The molecule has 4 aliphatic carbocycles. The highest BCUT2D eigenvalue weighted by Gasteiger charge is 2.68. The molecule has 4 saturated carbocycles. The Labute approximate surface area is 212 Å². The monoisotopic (exact) mass is 488 g/mol. The van der Waals surface area contributed by atoms with Crippen molar-refractivity contribution in [1.29, 1.82) is 0 Å². The average molecular weight is 489 g/mol. The van der Waals surface area contributed by atoms with Crippen molar-refractivity contribution in [2.24, 2.45) is 58.2 Å². The smallest absolute Gasteiger partial charge is 0.305 e. The predicted molar refractivity (Wildman–Crippen MR) is 135 cm³/mol. The van der Waals surface area contributed by atoms with E-state index in [2.05, 4.69) is 34.6 Å². The molecule has 0 saturated heterocycles. The summed E-state index contributed by atoms with van der Waals surface area (Å²) in [6, 6.07) is 0. The minimum atomic E-state index is -0.208. The Bertz CT molecular complexity index is 837. The van der Waals surface area contributed by atoms with Crippen molar-refractivity contribution >= 4 is 17.7 Å². The molecule has 0 radical (unpaired) electrons. The predicted octanol–water partition coefficient (Wildman–Crippen LogP) is 6.23. The van der Waals surface area contributed by atoms with E-state index in [0.29, 0.717) is 54.1 Å². The SMILES string of the molecule is CC[C@H]1C(OC(C)=O)C2C3CC[C@H]([C@H](C)CCC(=O)OC)[C@@]3(C)CC(=O)C2[C@@]2(C)CC[C@@H](C)C[C@@H]12. The number of ketones is 1. The first-order valence-electron chi connectivity index (χ1n) is 14.2. The van der Waals surface area contributed by atoms with Gasteiger partial charge in [-0.2, -0.15) is 0 Å². The number of methoxy groups -OCH3 is 1. The molecule has 0 aromatic rings. The topological polar surface area (TPSA) is 69.7 Å². The van der Waals surface area contributed by atoms with Crippen LogP contribution in [0.3, 0.4) is 0 Å². The van der Waals surface area contributed by atoms with E-state index in [1.54, 1.807) is 0 Å². The number of Topliss-reactive ketones (excluding diaryl/α,β-unsaturated/α-hetero) is 1. The highest BCUT2D eigenvalue weighted by atomic mass is 16.5. The van der Waals surface area contributed by atoms with Crippen LogP contribution in [-0.4, -0.2) is 30.9 Å². The molecule has 0 amide bonds. The van der Waals surface area contributed by atoms with Crippen molar-refractivity contribution in [2.45, 2.75) is 105 Å². The van der Waals surface area contributed by atoms with Gasteiger partial charge in [0.25, 0.3) is 0 Å². The number of carbonyl (C=O) groups excluding carboxylic acids is 3. The van der Waals surface area contributed by atoms with E-state index < -0.39 is 0 Å². The van der Waals surface area contributed by atoms with Gasteiger partial charge in [0.15, 0.2) is 0 Å². The van der Waals surface area contributed by atoms with Crippen LogP contribution in [0.2, 0.25) is 0 Å². The molecule has 4 fully saturated rings. The van der Waals surface area contributed by atoms with E-state index in [-0.39, 0.29) is 40.7 Å². The Morgan fingerprint density at radius 2 is 1.83 bits per heavy atom. The third-order valence-electron chi connectivity index (χ3n) is 11.4. The van der Waals surface area contributed by atoms with Gasteiger partial charge < -0.3 is 9.47 Å². The van der Waals surface area contributed by atoms with Gasteiger partial charge in [-0.25, -0.2) is 0 Å². The number of carbonyl (C=O) groups is 3. The molecule has 5 nitrogen and oxygen atoms in total. The molecular weight excluding hydrogens is 440 g/mol. The van der Waals surface area contributed by atoms with Gasteiger partial charge in [-0.3, -0.25) is 14.4 Å². The molecule has 198 valence electrons. The second-order valence-corrected chi connectivity index (χ2v) is 13.2. The van der Waals surface area contributed by atoms with Crippen LogP contribution >= 0.6 is 0 Å². The van der Waals surface area contributed by atoms with E-state index >= 15 is 0 Å². The molecule has 0 aromatic carbocycles. The molecule has 35 heavy (non-hydrogen) atoms. The Balaban J connectivity index is 1.71. The summed E-state index contributed by atoms with van der Waals surface area (Å²) in [6.45, 7) is 13.1. The second kappa shape index (κ2) is 9.82. The average Bonchev–Trinajstić information content (AvgIpc) is 3.14. The first-order chi connectivity index (χ1) is 16.5. The van der Waals surface area contributed by atoms with Crippen LogP contribution in [0.4, 0.5) is 0 Å². The Morgan fingerprint density at radius 3 is 2.46 bits per heavy atom. The summed E-state index contributed by atoms with van der Waals surface area (Å²) in [7, 11) is 1.45. The van der Waals surface area contributed by atoms with Crippen LogP contribution in [0, 0.1) is 58.2 Å². The summed E-state index contributed by atoms with van der Waals surface area (Å²) in [5, 5.41) is 0. The van der Waals surface area contributed by atoms with Crippen LogP contribution in [0.5, 0.6) is 0 Å². The highest BCUT2D eigenvalue weighted by Crippen LogP contribution is 2.69. The zero-order valence-electron chi connectivity index (χ0n) is 23.1. The number of esters is 2. The molecule has 0 aliphatic heterocycles. The normalized spacial score (nSPS) is 45.6. The standard InChI is InChI=1S/C30H48O5/c1-8-20-23-15-17(2)13-14-29(23,5)27-24(32)16-30(6)21(18(3)9-12-25(33)34-7)10-11-22(30)26(27)28(20)35-19(4)31/h17-18,20-23,26-28H,8-16H2,1-7H3/t17-,18-,20-,21-,22?,23+,26?,27?,28?,29+,30-/m1/s1. The Hall–Kier alpha value is -1.39. The number of ether oxygens (including phenoxy) is 2.